The maximum atomic E-state index is 15.4. The Morgan fingerprint density at radius 3 is 2.44 bits per heavy atom. The maximum absolute atomic E-state index is 15.4. The van der Waals surface area contributed by atoms with Gasteiger partial charge in [-0.1, -0.05) is 24.3 Å². The standard InChI is InChI=1S/C45H49F2N9O6S/c46-37-21-30(22-38(47)36(37)28-54-15-17-62-18-16-54)34-4-3-5-39-43(34)51-40(25-48-39)32-24-49-56(27-32)33-10-13-53(14-11-33)12-1-2-19-63(60,61)50-23-29-6-7-35-31(20-29)26-55(45(35)59)41-8-9-42(57)52-44(41)58/h3-7,20-22,24-25,27,33,41,50H,1-2,8-19,23,26,28H2,(H,52,57,58). The minimum Gasteiger partial charge on any atom is -0.379 e. The van der Waals surface area contributed by atoms with Gasteiger partial charge in [-0.15, -0.1) is 0 Å². The number of nitrogens with one attached hydrogen (secondary N) is 2. The third-order valence-corrected chi connectivity index (χ3v) is 14.0. The third kappa shape index (κ3) is 9.55. The summed E-state index contributed by atoms with van der Waals surface area (Å²) in [5.41, 5.74) is 5.49. The number of para-hydroxylation sites is 1. The summed E-state index contributed by atoms with van der Waals surface area (Å²) in [6.45, 7) is 5.32. The average molecular weight is 882 g/mol. The summed E-state index contributed by atoms with van der Waals surface area (Å²) in [5, 5.41) is 6.97. The predicted octanol–water partition coefficient (Wildman–Crippen LogP) is 4.57. The van der Waals surface area contributed by atoms with E-state index in [0.717, 1.165) is 50.0 Å². The van der Waals surface area contributed by atoms with Gasteiger partial charge in [0, 0.05) is 80.7 Å². The zero-order valence-electron chi connectivity index (χ0n) is 34.8. The molecule has 1 unspecified atom stereocenters. The largest absolute Gasteiger partial charge is 0.379 e. The molecule has 0 aliphatic carbocycles. The molecule has 3 aromatic carbocycles. The second-order valence-corrected chi connectivity index (χ2v) is 18.7. The minimum absolute atomic E-state index is 0.000808. The lowest BCUT2D eigenvalue weighted by Crippen LogP contribution is -2.52. The zero-order chi connectivity index (χ0) is 43.7. The maximum Gasteiger partial charge on any atom is 0.255 e. The van der Waals surface area contributed by atoms with Gasteiger partial charge < -0.3 is 14.5 Å². The molecule has 15 nitrogen and oxygen atoms in total. The van der Waals surface area contributed by atoms with Gasteiger partial charge in [0.2, 0.25) is 21.8 Å². The number of ether oxygens (including phenoxy) is 1. The molecule has 0 saturated carbocycles. The molecule has 330 valence electrons. The predicted molar refractivity (Wildman–Crippen MR) is 229 cm³/mol. The number of amides is 3. The van der Waals surface area contributed by atoms with Crippen LogP contribution < -0.4 is 10.0 Å². The molecule has 63 heavy (non-hydrogen) atoms. The number of likely N-dealkylation sites (tertiary alicyclic amines) is 1. The second kappa shape index (κ2) is 18.3. The highest BCUT2D eigenvalue weighted by Gasteiger charge is 2.39. The summed E-state index contributed by atoms with van der Waals surface area (Å²) in [7, 11) is -3.54. The summed E-state index contributed by atoms with van der Waals surface area (Å²) in [4.78, 5) is 52.3. The van der Waals surface area contributed by atoms with Crippen LogP contribution in [0.25, 0.3) is 33.4 Å². The normalized spacial score (nSPS) is 19.2. The molecule has 4 aliphatic heterocycles. The van der Waals surface area contributed by atoms with Crippen LogP contribution in [-0.2, 0) is 44.0 Å². The first-order valence-electron chi connectivity index (χ1n) is 21.5. The number of sulfonamides is 1. The number of hydrogen-bond donors (Lipinski definition) is 2. The van der Waals surface area contributed by atoms with Gasteiger partial charge in [-0.05, 0) is 79.6 Å². The molecule has 1 atom stereocenters. The van der Waals surface area contributed by atoms with Crippen molar-refractivity contribution in [1.29, 1.82) is 0 Å². The fraction of sp³-hybridized carbons (Fsp3) is 0.422. The Morgan fingerprint density at radius 1 is 0.873 bits per heavy atom. The van der Waals surface area contributed by atoms with Crippen LogP contribution in [0, 0.1) is 11.6 Å². The van der Waals surface area contributed by atoms with Gasteiger partial charge in [0.15, 0.2) is 0 Å². The van der Waals surface area contributed by atoms with Crippen LogP contribution in [-0.4, -0.2) is 118 Å². The van der Waals surface area contributed by atoms with Crippen molar-refractivity contribution in [2.75, 3.05) is 51.7 Å². The highest BCUT2D eigenvalue weighted by molar-refractivity contribution is 7.89. The molecule has 3 amide bonds. The Balaban J connectivity index is 0.742. The van der Waals surface area contributed by atoms with Crippen molar-refractivity contribution < 1.29 is 36.3 Å². The average Bonchev–Trinajstić information content (AvgIpc) is 3.91. The summed E-state index contributed by atoms with van der Waals surface area (Å²) in [6, 6.07) is 12.8. The number of nitrogens with zero attached hydrogens (tertiary/aromatic N) is 7. The van der Waals surface area contributed by atoms with Crippen molar-refractivity contribution in [2.45, 2.75) is 70.2 Å². The monoisotopic (exact) mass is 881 g/mol. The topological polar surface area (TPSA) is 172 Å². The van der Waals surface area contributed by atoms with Crippen molar-refractivity contribution in [3.63, 3.8) is 0 Å². The number of imide groups is 1. The van der Waals surface area contributed by atoms with E-state index < -0.39 is 33.6 Å². The molecule has 5 aromatic rings. The highest BCUT2D eigenvalue weighted by Crippen LogP contribution is 2.33. The summed E-state index contributed by atoms with van der Waals surface area (Å²) >= 11 is 0. The van der Waals surface area contributed by atoms with Crippen LogP contribution in [0.3, 0.4) is 0 Å². The number of benzene rings is 3. The first-order chi connectivity index (χ1) is 30.5. The molecular formula is C45H49F2N9O6S. The van der Waals surface area contributed by atoms with Gasteiger partial charge in [0.25, 0.3) is 5.91 Å². The van der Waals surface area contributed by atoms with E-state index >= 15 is 8.78 Å². The number of carbonyl (C=O) groups excluding carboxylic acids is 3. The molecule has 2 aromatic heterocycles. The van der Waals surface area contributed by atoms with E-state index in [9.17, 15) is 22.8 Å². The Morgan fingerprint density at radius 2 is 1.67 bits per heavy atom. The van der Waals surface area contributed by atoms with E-state index in [0.29, 0.717) is 71.7 Å². The summed E-state index contributed by atoms with van der Waals surface area (Å²) < 4.78 is 66.6. The van der Waals surface area contributed by atoms with Crippen LogP contribution >= 0.6 is 0 Å². The molecule has 3 saturated heterocycles. The van der Waals surface area contributed by atoms with Crippen molar-refractivity contribution in [3.05, 3.63) is 101 Å². The molecule has 9 rings (SSSR count). The zero-order valence-corrected chi connectivity index (χ0v) is 35.6. The van der Waals surface area contributed by atoms with Gasteiger partial charge in [0.1, 0.15) is 17.7 Å². The fourth-order valence-corrected chi connectivity index (χ4v) is 10.1. The number of unbranched alkanes of at least 4 members (excludes halogenated alkanes) is 1. The van der Waals surface area contributed by atoms with Crippen molar-refractivity contribution >= 4 is 38.8 Å². The summed E-state index contributed by atoms with van der Waals surface area (Å²) in [5.74, 6) is -2.28. The smallest absolute Gasteiger partial charge is 0.255 e. The van der Waals surface area contributed by atoms with E-state index in [1.165, 1.54) is 17.0 Å². The number of halogens is 2. The second-order valence-electron chi connectivity index (χ2n) is 16.8. The minimum atomic E-state index is -3.54. The van der Waals surface area contributed by atoms with E-state index in [2.05, 4.69) is 25.0 Å². The number of carbonyl (C=O) groups is 3. The summed E-state index contributed by atoms with van der Waals surface area (Å²) in [6.07, 6.45) is 8.88. The van der Waals surface area contributed by atoms with E-state index in [1.807, 2.05) is 21.8 Å². The number of fused-ring (bicyclic) bond motifs is 2. The van der Waals surface area contributed by atoms with E-state index in [-0.39, 0.29) is 61.6 Å². The molecule has 2 N–H and O–H groups in total. The van der Waals surface area contributed by atoms with Crippen molar-refractivity contribution in [3.8, 4) is 22.4 Å². The SMILES string of the molecule is O=C1CCC(N2Cc3cc(CNS(=O)(=O)CCCCN4CCC(n5cc(-c6cnc7cccc(-c8cc(F)c(CN9CCOCC9)c(F)c8)c7n6)cn5)CC4)ccc3C2=O)C(=O)N1. The Labute approximate surface area is 363 Å². The lowest BCUT2D eigenvalue weighted by atomic mass is 10.0. The van der Waals surface area contributed by atoms with Gasteiger partial charge in [-0.25, -0.2) is 26.9 Å². The number of rotatable bonds is 14. The quantitative estimate of drug-likeness (QED) is 0.118. The van der Waals surface area contributed by atoms with Crippen LogP contribution in [0.2, 0.25) is 0 Å². The number of piperidine rings is 2. The number of morpholine rings is 1. The first-order valence-corrected chi connectivity index (χ1v) is 23.2. The Kier molecular flexibility index (Phi) is 12.4. The Bertz CT molecular complexity index is 2640. The molecule has 0 spiro atoms. The number of aromatic nitrogens is 4. The van der Waals surface area contributed by atoms with Gasteiger partial charge in [-0.2, -0.15) is 5.10 Å². The molecule has 0 bridgehead atoms. The molecule has 0 radical (unpaired) electrons. The lowest BCUT2D eigenvalue weighted by molar-refractivity contribution is -0.136. The van der Waals surface area contributed by atoms with Crippen molar-refractivity contribution in [2.24, 2.45) is 0 Å². The molecule has 6 heterocycles. The van der Waals surface area contributed by atoms with Gasteiger partial charge >= 0.3 is 0 Å². The van der Waals surface area contributed by atoms with E-state index in [4.69, 9.17) is 9.72 Å². The molecule has 3 fully saturated rings. The van der Waals surface area contributed by atoms with Gasteiger partial charge in [0.05, 0.1) is 54.1 Å². The van der Waals surface area contributed by atoms with Gasteiger partial charge in [-0.3, -0.25) is 34.3 Å². The first kappa shape index (κ1) is 42.8. The number of hydrogen-bond acceptors (Lipinski definition) is 11. The lowest BCUT2D eigenvalue weighted by Gasteiger charge is -2.32. The van der Waals surface area contributed by atoms with E-state index in [1.54, 1.807) is 42.7 Å². The van der Waals surface area contributed by atoms with Crippen LogP contribution in [0.1, 0.15) is 71.6 Å². The van der Waals surface area contributed by atoms with Crippen LogP contribution in [0.15, 0.2) is 67.1 Å². The molecule has 4 aliphatic rings. The Hall–Kier alpha value is -5.53. The van der Waals surface area contributed by atoms with Crippen LogP contribution in [0.4, 0.5) is 8.78 Å². The molecule has 18 heteroatoms. The molecular weight excluding hydrogens is 833 g/mol. The van der Waals surface area contributed by atoms with Crippen LogP contribution in [0.5, 0.6) is 0 Å². The highest BCUT2D eigenvalue weighted by atomic mass is 32.2. The van der Waals surface area contributed by atoms with Crippen molar-refractivity contribution in [1.82, 2.24) is 44.5 Å². The third-order valence-electron chi connectivity index (χ3n) is 12.6. The fourth-order valence-electron chi connectivity index (χ4n) is 9.01.